The van der Waals surface area contributed by atoms with Crippen LogP contribution in [0.15, 0.2) is 12.1 Å². The molecule has 0 radical (unpaired) electrons. The summed E-state index contributed by atoms with van der Waals surface area (Å²) in [6, 6.07) is 0.947. The highest BCUT2D eigenvalue weighted by Gasteiger charge is 2.40. The Morgan fingerprint density at radius 3 is 2.16 bits per heavy atom. The first-order chi connectivity index (χ1) is 8.55. The maximum Gasteiger partial charge on any atom is 0.433 e. The molecule has 1 heterocycles. The number of alkyl halides is 6. The van der Waals surface area contributed by atoms with Gasteiger partial charge in [-0.2, -0.15) is 26.3 Å². The lowest BCUT2D eigenvalue weighted by atomic mass is 10.1. The molecule has 0 aliphatic rings. The van der Waals surface area contributed by atoms with Crippen molar-refractivity contribution in [1.29, 1.82) is 0 Å². The molecule has 1 aromatic heterocycles. The van der Waals surface area contributed by atoms with Crippen LogP contribution in [0.5, 0.6) is 0 Å². The van der Waals surface area contributed by atoms with Gasteiger partial charge in [-0.1, -0.05) is 6.07 Å². The van der Waals surface area contributed by atoms with Crippen LogP contribution in [0.2, 0.25) is 0 Å². The quantitative estimate of drug-likeness (QED) is 0.620. The maximum absolute atomic E-state index is 12.6. The largest absolute Gasteiger partial charge is 0.469 e. The van der Waals surface area contributed by atoms with Crippen molar-refractivity contribution in [2.45, 2.75) is 18.8 Å². The predicted molar refractivity (Wildman–Crippen MR) is 50.0 cm³/mol. The molecule has 0 aliphatic heterocycles. The molecule has 0 spiro atoms. The van der Waals surface area contributed by atoms with Crippen molar-refractivity contribution < 1.29 is 35.9 Å². The molecule has 0 aromatic carbocycles. The van der Waals surface area contributed by atoms with Crippen LogP contribution in [-0.4, -0.2) is 18.1 Å². The molecule has 0 N–H and O–H groups in total. The average molecular weight is 287 g/mol. The van der Waals surface area contributed by atoms with Gasteiger partial charge in [0.05, 0.1) is 13.5 Å². The fraction of sp³-hybridized carbons (Fsp3) is 0.400. The molecule has 0 fully saturated rings. The highest BCUT2D eigenvalue weighted by atomic mass is 19.4. The van der Waals surface area contributed by atoms with E-state index in [1.807, 2.05) is 0 Å². The Morgan fingerprint density at radius 2 is 1.74 bits per heavy atom. The summed E-state index contributed by atoms with van der Waals surface area (Å²) in [7, 11) is 0.951. The topological polar surface area (TPSA) is 39.2 Å². The Hall–Kier alpha value is -1.80. The number of methoxy groups -OCH3 is 1. The van der Waals surface area contributed by atoms with Gasteiger partial charge in [-0.3, -0.25) is 4.79 Å². The number of ether oxygens (including phenoxy) is 1. The van der Waals surface area contributed by atoms with E-state index in [1.54, 1.807) is 0 Å². The summed E-state index contributed by atoms with van der Waals surface area (Å²) < 4.78 is 78.8. The summed E-state index contributed by atoms with van der Waals surface area (Å²) >= 11 is 0. The standard InChI is InChI=1S/C10H7F6NO2/c1-19-7(18)4-5-2-3-6(9(11,12)13)17-8(5)10(14,15)16/h2-3H,4H2,1H3. The molecule has 0 bridgehead atoms. The van der Waals surface area contributed by atoms with E-state index in [0.29, 0.717) is 12.1 Å². The van der Waals surface area contributed by atoms with Crippen LogP contribution in [0.4, 0.5) is 26.3 Å². The summed E-state index contributed by atoms with van der Waals surface area (Å²) in [5, 5.41) is 0. The van der Waals surface area contributed by atoms with E-state index in [2.05, 4.69) is 9.72 Å². The Kier molecular flexibility index (Phi) is 4.06. The molecule has 0 saturated carbocycles. The molecule has 0 atom stereocenters. The van der Waals surface area contributed by atoms with Gasteiger partial charge in [0.2, 0.25) is 0 Å². The number of aromatic nitrogens is 1. The molecule has 1 aromatic rings. The van der Waals surface area contributed by atoms with E-state index in [0.717, 1.165) is 7.11 Å². The summed E-state index contributed by atoms with van der Waals surface area (Å²) in [6.07, 6.45) is -10.9. The Balaban J connectivity index is 3.29. The van der Waals surface area contributed by atoms with Crippen molar-refractivity contribution in [2.75, 3.05) is 7.11 Å². The van der Waals surface area contributed by atoms with Crippen molar-refractivity contribution in [3.8, 4) is 0 Å². The van der Waals surface area contributed by atoms with Crippen molar-refractivity contribution in [3.05, 3.63) is 29.1 Å². The minimum Gasteiger partial charge on any atom is -0.469 e. The van der Waals surface area contributed by atoms with E-state index < -0.39 is 41.7 Å². The van der Waals surface area contributed by atoms with Gasteiger partial charge in [0, 0.05) is 0 Å². The van der Waals surface area contributed by atoms with E-state index in [-0.39, 0.29) is 0 Å². The first-order valence-electron chi connectivity index (χ1n) is 4.77. The zero-order valence-electron chi connectivity index (χ0n) is 9.39. The summed E-state index contributed by atoms with van der Waals surface area (Å²) in [5.41, 5.74) is -4.09. The van der Waals surface area contributed by atoms with Crippen molar-refractivity contribution in [3.63, 3.8) is 0 Å². The van der Waals surface area contributed by atoms with Crippen LogP contribution in [0, 0.1) is 0 Å². The number of carbonyl (C=O) groups excluding carboxylic acids is 1. The number of halogens is 6. The number of nitrogens with zero attached hydrogens (tertiary/aromatic N) is 1. The number of pyridine rings is 1. The third-order valence-corrected chi connectivity index (χ3v) is 2.10. The Morgan fingerprint density at radius 1 is 1.16 bits per heavy atom. The van der Waals surface area contributed by atoms with Crippen LogP contribution in [0.25, 0.3) is 0 Å². The second-order valence-electron chi connectivity index (χ2n) is 3.45. The van der Waals surface area contributed by atoms with Crippen molar-refractivity contribution in [1.82, 2.24) is 4.98 Å². The van der Waals surface area contributed by atoms with Crippen molar-refractivity contribution in [2.24, 2.45) is 0 Å². The number of hydrogen-bond acceptors (Lipinski definition) is 3. The Bertz CT molecular complexity index is 480. The van der Waals surface area contributed by atoms with Gasteiger partial charge < -0.3 is 4.74 Å². The van der Waals surface area contributed by atoms with E-state index >= 15 is 0 Å². The number of carbonyl (C=O) groups is 1. The second kappa shape index (κ2) is 5.06. The van der Waals surface area contributed by atoms with Crippen LogP contribution in [-0.2, 0) is 28.3 Å². The zero-order chi connectivity index (χ0) is 14.8. The van der Waals surface area contributed by atoms with Gasteiger partial charge in [-0.25, -0.2) is 4.98 Å². The molecule has 0 unspecified atom stereocenters. The monoisotopic (exact) mass is 287 g/mol. The van der Waals surface area contributed by atoms with Crippen LogP contribution in [0.1, 0.15) is 17.0 Å². The van der Waals surface area contributed by atoms with Crippen LogP contribution < -0.4 is 0 Å². The Labute approximate surface area is 103 Å². The molecule has 0 saturated heterocycles. The van der Waals surface area contributed by atoms with Gasteiger partial charge in [0.25, 0.3) is 0 Å². The van der Waals surface area contributed by atoms with Crippen molar-refractivity contribution >= 4 is 5.97 Å². The molecule has 3 nitrogen and oxygen atoms in total. The lowest BCUT2D eigenvalue weighted by Gasteiger charge is -2.14. The molecular formula is C10H7F6NO2. The molecule has 19 heavy (non-hydrogen) atoms. The summed E-state index contributed by atoms with van der Waals surface area (Å²) in [5.74, 6) is -1.01. The SMILES string of the molecule is COC(=O)Cc1ccc(C(F)(F)F)nc1C(F)(F)F. The summed E-state index contributed by atoms with van der Waals surface area (Å²) in [6.45, 7) is 0. The molecular weight excluding hydrogens is 280 g/mol. The minimum atomic E-state index is -5.09. The third-order valence-electron chi connectivity index (χ3n) is 2.10. The van der Waals surface area contributed by atoms with Gasteiger partial charge in [0.15, 0.2) is 0 Å². The second-order valence-corrected chi connectivity index (χ2v) is 3.45. The molecule has 0 amide bonds. The van der Waals surface area contributed by atoms with E-state index in [1.165, 1.54) is 0 Å². The molecule has 0 aliphatic carbocycles. The van der Waals surface area contributed by atoms with Crippen LogP contribution >= 0.6 is 0 Å². The van der Waals surface area contributed by atoms with Gasteiger partial charge in [-0.15, -0.1) is 0 Å². The molecule has 106 valence electrons. The first kappa shape index (κ1) is 15.3. The predicted octanol–water partition coefficient (Wildman–Crippen LogP) is 2.83. The first-order valence-corrected chi connectivity index (χ1v) is 4.77. The van der Waals surface area contributed by atoms with Gasteiger partial charge in [-0.05, 0) is 11.6 Å². The highest BCUT2D eigenvalue weighted by Crippen LogP contribution is 2.34. The lowest BCUT2D eigenvalue weighted by molar-refractivity contribution is -0.150. The fourth-order valence-electron chi connectivity index (χ4n) is 1.26. The fourth-order valence-corrected chi connectivity index (χ4v) is 1.26. The number of rotatable bonds is 2. The van der Waals surface area contributed by atoms with Crippen LogP contribution in [0.3, 0.4) is 0 Å². The number of esters is 1. The third kappa shape index (κ3) is 3.83. The van der Waals surface area contributed by atoms with E-state index in [9.17, 15) is 31.1 Å². The normalized spacial score (nSPS) is 12.4. The smallest absolute Gasteiger partial charge is 0.433 e. The lowest BCUT2D eigenvalue weighted by Crippen LogP contribution is -2.19. The zero-order valence-corrected chi connectivity index (χ0v) is 9.39. The van der Waals surface area contributed by atoms with Gasteiger partial charge >= 0.3 is 18.3 Å². The maximum atomic E-state index is 12.6. The highest BCUT2D eigenvalue weighted by molar-refractivity contribution is 5.72. The molecule has 1 rings (SSSR count). The summed E-state index contributed by atoms with van der Waals surface area (Å²) in [4.78, 5) is 13.4. The van der Waals surface area contributed by atoms with E-state index in [4.69, 9.17) is 0 Å². The average Bonchev–Trinajstić information content (AvgIpc) is 2.26. The molecule has 9 heteroatoms. The van der Waals surface area contributed by atoms with Gasteiger partial charge in [0.1, 0.15) is 11.4 Å². The number of hydrogen-bond donors (Lipinski definition) is 0. The minimum absolute atomic E-state index is 0.382.